The Morgan fingerprint density at radius 1 is 1.36 bits per heavy atom. The number of benzene rings is 1. The van der Waals surface area contributed by atoms with Gasteiger partial charge in [0, 0.05) is 32.3 Å². The number of carbonyl (C=O) groups excluding carboxylic acids is 2. The van der Waals surface area contributed by atoms with Gasteiger partial charge in [0.15, 0.2) is 0 Å². The zero-order valence-electron chi connectivity index (χ0n) is 15.7. The van der Waals surface area contributed by atoms with E-state index < -0.39 is 11.3 Å². The van der Waals surface area contributed by atoms with Crippen molar-refractivity contribution in [2.45, 2.75) is 38.8 Å². The molecule has 0 aliphatic carbocycles. The van der Waals surface area contributed by atoms with Crippen molar-refractivity contribution in [3.63, 3.8) is 0 Å². The van der Waals surface area contributed by atoms with Crippen LogP contribution < -0.4 is 15.5 Å². The monoisotopic (exact) mass is 403 g/mol. The minimum absolute atomic E-state index is 0.0675. The van der Waals surface area contributed by atoms with Crippen LogP contribution in [0.4, 0.5) is 0 Å². The van der Waals surface area contributed by atoms with Gasteiger partial charge in [-0.1, -0.05) is 11.6 Å². The van der Waals surface area contributed by atoms with Crippen LogP contribution in [0.1, 0.15) is 36.5 Å². The van der Waals surface area contributed by atoms with E-state index in [1.807, 2.05) is 16.4 Å². The van der Waals surface area contributed by atoms with E-state index in [2.05, 4.69) is 5.32 Å². The van der Waals surface area contributed by atoms with Gasteiger partial charge in [-0.2, -0.15) is 0 Å². The lowest BCUT2D eigenvalue weighted by Crippen LogP contribution is -2.34. The van der Waals surface area contributed by atoms with Crippen LogP contribution in [0.5, 0.6) is 5.75 Å². The van der Waals surface area contributed by atoms with Crippen LogP contribution in [0, 0.1) is 0 Å². The molecule has 7 nitrogen and oxygen atoms in total. The number of pyridine rings is 1. The zero-order valence-corrected chi connectivity index (χ0v) is 16.4. The molecule has 1 atom stereocenters. The number of rotatable bonds is 5. The van der Waals surface area contributed by atoms with Crippen molar-refractivity contribution in [3.05, 3.63) is 39.1 Å². The maximum absolute atomic E-state index is 12.9. The van der Waals surface area contributed by atoms with Gasteiger partial charge in [0.1, 0.15) is 17.4 Å². The summed E-state index contributed by atoms with van der Waals surface area (Å²) >= 11 is 6.28. The van der Waals surface area contributed by atoms with Crippen molar-refractivity contribution < 1.29 is 14.3 Å². The van der Waals surface area contributed by atoms with Gasteiger partial charge in [-0.3, -0.25) is 14.4 Å². The van der Waals surface area contributed by atoms with Gasteiger partial charge >= 0.3 is 0 Å². The van der Waals surface area contributed by atoms with Crippen LogP contribution in [0.15, 0.2) is 23.1 Å². The summed E-state index contributed by atoms with van der Waals surface area (Å²) in [6, 6.07) is 3.37. The molecule has 148 valence electrons. The first-order valence-corrected chi connectivity index (χ1v) is 9.92. The average molecular weight is 404 g/mol. The molecule has 4 rings (SSSR count). The molecule has 1 saturated heterocycles. The molecule has 1 fully saturated rings. The molecule has 1 unspecified atom stereocenters. The number of hydrogen-bond acceptors (Lipinski definition) is 4. The van der Waals surface area contributed by atoms with E-state index in [1.165, 1.54) is 0 Å². The number of ether oxygens (including phenoxy) is 1. The highest BCUT2D eigenvalue weighted by Crippen LogP contribution is 2.33. The Morgan fingerprint density at radius 3 is 2.93 bits per heavy atom. The highest BCUT2D eigenvalue weighted by molar-refractivity contribution is 6.35. The summed E-state index contributed by atoms with van der Waals surface area (Å²) in [5, 5.41) is 3.40. The Balaban J connectivity index is 1.54. The molecule has 1 aromatic carbocycles. The molecule has 0 saturated carbocycles. The maximum atomic E-state index is 12.9. The first-order valence-electron chi connectivity index (χ1n) is 9.54. The topological polar surface area (TPSA) is 80.6 Å². The molecule has 0 bridgehead atoms. The number of likely N-dealkylation sites (tertiary alicyclic amines) is 1. The van der Waals surface area contributed by atoms with Gasteiger partial charge in [0.2, 0.25) is 11.3 Å². The van der Waals surface area contributed by atoms with Gasteiger partial charge in [-0.15, -0.1) is 0 Å². The Bertz CT molecular complexity index is 1020. The van der Waals surface area contributed by atoms with Crippen LogP contribution in [-0.4, -0.2) is 47.0 Å². The average Bonchev–Trinajstić information content (AvgIpc) is 3.07. The van der Waals surface area contributed by atoms with Crippen molar-refractivity contribution in [2.75, 3.05) is 19.6 Å². The fourth-order valence-corrected chi connectivity index (χ4v) is 4.14. The second kappa shape index (κ2) is 7.47. The first kappa shape index (κ1) is 18.8. The molecule has 0 spiro atoms. The van der Waals surface area contributed by atoms with Crippen molar-refractivity contribution in [1.29, 1.82) is 0 Å². The lowest BCUT2D eigenvalue weighted by Gasteiger charge is -2.26. The summed E-state index contributed by atoms with van der Waals surface area (Å²) in [4.78, 5) is 39.0. The van der Waals surface area contributed by atoms with E-state index in [0.29, 0.717) is 54.2 Å². The highest BCUT2D eigenvalue weighted by Gasteiger charge is 2.25. The second-order valence-corrected chi connectivity index (χ2v) is 7.72. The third-order valence-electron chi connectivity index (χ3n) is 5.22. The van der Waals surface area contributed by atoms with Crippen molar-refractivity contribution in [2.24, 2.45) is 0 Å². The van der Waals surface area contributed by atoms with Gasteiger partial charge in [-0.25, -0.2) is 0 Å². The normalized spacial score (nSPS) is 18.4. The van der Waals surface area contributed by atoms with Crippen molar-refractivity contribution >= 4 is 34.3 Å². The molecular weight excluding hydrogens is 382 g/mol. The number of amides is 2. The van der Waals surface area contributed by atoms with E-state index in [9.17, 15) is 14.4 Å². The lowest BCUT2D eigenvalue weighted by atomic mass is 10.1. The SMILES string of the molecule is CC1Cn2cc(C(=O)NCCCN3CCCC3=O)c(=O)c3c(Cl)ccc(c32)O1. The molecule has 2 aliphatic rings. The predicted molar refractivity (Wildman–Crippen MR) is 106 cm³/mol. The van der Waals surface area contributed by atoms with E-state index in [-0.39, 0.29) is 17.6 Å². The van der Waals surface area contributed by atoms with Gasteiger partial charge in [0.05, 0.1) is 22.5 Å². The third-order valence-corrected chi connectivity index (χ3v) is 5.54. The van der Waals surface area contributed by atoms with E-state index in [0.717, 1.165) is 13.0 Å². The summed E-state index contributed by atoms with van der Waals surface area (Å²) in [5.74, 6) is 0.335. The van der Waals surface area contributed by atoms with Crippen molar-refractivity contribution in [1.82, 2.24) is 14.8 Å². The summed E-state index contributed by atoms with van der Waals surface area (Å²) in [6.07, 6.45) is 3.66. The third kappa shape index (κ3) is 3.35. The first-order chi connectivity index (χ1) is 13.5. The molecule has 0 radical (unpaired) electrons. The quantitative estimate of drug-likeness (QED) is 0.776. The van der Waals surface area contributed by atoms with E-state index >= 15 is 0 Å². The molecule has 2 amide bonds. The summed E-state index contributed by atoms with van der Waals surface area (Å²) < 4.78 is 7.66. The molecular formula is C20H22ClN3O4. The zero-order chi connectivity index (χ0) is 19.8. The molecule has 28 heavy (non-hydrogen) atoms. The van der Waals surface area contributed by atoms with E-state index in [1.54, 1.807) is 18.3 Å². The molecule has 3 heterocycles. The summed E-state index contributed by atoms with van der Waals surface area (Å²) in [7, 11) is 0. The number of carbonyl (C=O) groups is 2. The summed E-state index contributed by atoms with van der Waals surface area (Å²) in [6.45, 7) is 4.25. The fraction of sp³-hybridized carbons (Fsp3) is 0.450. The largest absolute Gasteiger partial charge is 0.487 e. The number of nitrogens with one attached hydrogen (secondary N) is 1. The number of nitrogens with zero attached hydrogens (tertiary/aromatic N) is 2. The van der Waals surface area contributed by atoms with Gasteiger partial charge < -0.3 is 19.5 Å². The molecule has 2 aliphatic heterocycles. The smallest absolute Gasteiger partial charge is 0.256 e. The second-order valence-electron chi connectivity index (χ2n) is 7.32. The van der Waals surface area contributed by atoms with Crippen molar-refractivity contribution in [3.8, 4) is 5.75 Å². The molecule has 1 N–H and O–H groups in total. The number of aromatic nitrogens is 1. The summed E-state index contributed by atoms with van der Waals surface area (Å²) in [5.41, 5.74) is 0.293. The Morgan fingerprint density at radius 2 is 2.18 bits per heavy atom. The van der Waals surface area contributed by atoms with Crippen LogP contribution in [0.25, 0.3) is 10.9 Å². The van der Waals surface area contributed by atoms with Crippen LogP contribution in [-0.2, 0) is 11.3 Å². The maximum Gasteiger partial charge on any atom is 0.256 e. The Labute approximate surface area is 167 Å². The Kier molecular flexibility index (Phi) is 5.02. The number of halogens is 1. The fourth-order valence-electron chi connectivity index (χ4n) is 3.90. The number of hydrogen-bond donors (Lipinski definition) is 1. The van der Waals surface area contributed by atoms with Crippen LogP contribution in [0.3, 0.4) is 0 Å². The van der Waals surface area contributed by atoms with Crippen LogP contribution >= 0.6 is 11.6 Å². The molecule has 1 aromatic heterocycles. The minimum Gasteiger partial charge on any atom is -0.487 e. The van der Waals surface area contributed by atoms with E-state index in [4.69, 9.17) is 16.3 Å². The highest BCUT2D eigenvalue weighted by atomic mass is 35.5. The van der Waals surface area contributed by atoms with Gasteiger partial charge in [-0.05, 0) is 31.9 Å². The Hall–Kier alpha value is -2.54. The standard InChI is InChI=1S/C20H22ClN3O4/c1-12-10-24-11-13(19(26)17-14(21)5-6-15(28-12)18(17)24)20(27)22-7-3-9-23-8-2-4-16(23)25/h5-6,11-12H,2-4,7-10H2,1H3,(H,22,27). The van der Waals surface area contributed by atoms with Crippen LogP contribution in [0.2, 0.25) is 5.02 Å². The minimum atomic E-state index is -0.427. The molecule has 2 aromatic rings. The van der Waals surface area contributed by atoms with Gasteiger partial charge in [0.25, 0.3) is 5.91 Å². The lowest BCUT2D eigenvalue weighted by molar-refractivity contribution is -0.127. The predicted octanol–water partition coefficient (Wildman–Crippen LogP) is 2.18. The molecule has 8 heteroatoms.